The highest BCUT2D eigenvalue weighted by atomic mass is 32.2. The molecule has 0 spiro atoms. The highest BCUT2D eigenvalue weighted by Gasteiger charge is 2.27. The van der Waals surface area contributed by atoms with E-state index in [-0.39, 0.29) is 16.2 Å². The van der Waals surface area contributed by atoms with E-state index in [1.807, 2.05) is 34.3 Å². The molecule has 2 heterocycles. The minimum atomic E-state index is -3.99. The average molecular weight is 424 g/mol. The van der Waals surface area contributed by atoms with Crippen molar-refractivity contribution < 1.29 is 22.7 Å². The summed E-state index contributed by atoms with van der Waals surface area (Å²) in [5.74, 6) is -0.479. The summed E-state index contributed by atoms with van der Waals surface area (Å²) in [5.41, 5.74) is 0.969. The van der Waals surface area contributed by atoms with Crippen molar-refractivity contribution in [1.29, 1.82) is 0 Å². The third kappa shape index (κ3) is 4.22. The normalized spacial score (nSPS) is 12.5. The first-order chi connectivity index (χ1) is 13.0. The number of ether oxygens (including phenoxy) is 2. The summed E-state index contributed by atoms with van der Waals surface area (Å²) in [5, 5.41) is 5.68. The van der Waals surface area contributed by atoms with Gasteiger partial charge in [0.2, 0.25) is 10.0 Å². The van der Waals surface area contributed by atoms with Crippen molar-refractivity contribution in [2.75, 3.05) is 14.2 Å². The predicted molar refractivity (Wildman–Crippen MR) is 105 cm³/mol. The number of hydrogen-bond acceptors (Lipinski definition) is 7. The minimum absolute atomic E-state index is 0.121. The van der Waals surface area contributed by atoms with Crippen LogP contribution in [0.5, 0.6) is 5.75 Å². The molecule has 9 heteroatoms. The van der Waals surface area contributed by atoms with Gasteiger partial charge >= 0.3 is 5.97 Å². The molecule has 27 heavy (non-hydrogen) atoms. The quantitative estimate of drug-likeness (QED) is 0.587. The van der Waals surface area contributed by atoms with E-state index >= 15 is 0 Å². The Balaban J connectivity index is 2.04. The van der Waals surface area contributed by atoms with Crippen LogP contribution < -0.4 is 9.46 Å². The molecule has 0 amide bonds. The van der Waals surface area contributed by atoms with Gasteiger partial charge in [-0.3, -0.25) is 0 Å². The zero-order chi connectivity index (χ0) is 19.4. The molecule has 1 N–H and O–H groups in total. The average Bonchev–Trinajstić information content (AvgIpc) is 3.39. The van der Waals surface area contributed by atoms with Crippen molar-refractivity contribution >= 4 is 38.7 Å². The van der Waals surface area contributed by atoms with Gasteiger partial charge in [0, 0.05) is 4.88 Å². The lowest BCUT2D eigenvalue weighted by atomic mass is 10.1. The van der Waals surface area contributed by atoms with E-state index < -0.39 is 22.0 Å². The summed E-state index contributed by atoms with van der Waals surface area (Å²) in [6.45, 7) is 0. The second kappa shape index (κ2) is 8.22. The van der Waals surface area contributed by atoms with E-state index in [2.05, 4.69) is 9.46 Å². The van der Waals surface area contributed by atoms with Crippen LogP contribution in [0.3, 0.4) is 0 Å². The van der Waals surface area contributed by atoms with Crippen molar-refractivity contribution in [3.63, 3.8) is 0 Å². The molecule has 142 valence electrons. The Kier molecular flexibility index (Phi) is 5.95. The molecule has 1 aromatic carbocycles. The van der Waals surface area contributed by atoms with E-state index in [1.54, 1.807) is 0 Å². The van der Waals surface area contributed by atoms with Crippen LogP contribution in [0.15, 0.2) is 57.4 Å². The lowest BCUT2D eigenvalue weighted by Crippen LogP contribution is -2.29. The van der Waals surface area contributed by atoms with Gasteiger partial charge in [0.15, 0.2) is 0 Å². The molecule has 0 radical (unpaired) electrons. The van der Waals surface area contributed by atoms with Gasteiger partial charge in [-0.2, -0.15) is 16.1 Å². The molecule has 0 aliphatic rings. The number of hydrogen-bond donors (Lipinski definition) is 1. The minimum Gasteiger partial charge on any atom is -0.495 e. The molecular weight excluding hydrogens is 406 g/mol. The zero-order valence-corrected chi connectivity index (χ0v) is 17.0. The lowest BCUT2D eigenvalue weighted by molar-refractivity contribution is 0.0600. The first-order valence-electron chi connectivity index (χ1n) is 7.80. The van der Waals surface area contributed by atoms with Crippen molar-refractivity contribution in [3.05, 3.63) is 68.5 Å². The first-order valence-corrected chi connectivity index (χ1v) is 11.1. The molecule has 1 atom stereocenters. The van der Waals surface area contributed by atoms with E-state index in [1.165, 1.54) is 55.1 Å². The van der Waals surface area contributed by atoms with Crippen LogP contribution in [0, 0.1) is 0 Å². The molecule has 0 saturated heterocycles. The van der Waals surface area contributed by atoms with Crippen LogP contribution >= 0.6 is 22.7 Å². The van der Waals surface area contributed by atoms with Gasteiger partial charge in [0.05, 0.1) is 25.8 Å². The Morgan fingerprint density at radius 1 is 1.15 bits per heavy atom. The van der Waals surface area contributed by atoms with Crippen LogP contribution in [0.1, 0.15) is 26.8 Å². The van der Waals surface area contributed by atoms with Gasteiger partial charge in [-0.25, -0.2) is 13.2 Å². The number of benzene rings is 1. The lowest BCUT2D eigenvalue weighted by Gasteiger charge is -2.18. The molecule has 0 saturated carbocycles. The number of rotatable bonds is 7. The maximum absolute atomic E-state index is 13.1. The second-order valence-corrected chi connectivity index (χ2v) is 8.93. The van der Waals surface area contributed by atoms with Gasteiger partial charge in [0.25, 0.3) is 0 Å². The molecule has 6 nitrogen and oxygen atoms in total. The van der Waals surface area contributed by atoms with E-state index in [4.69, 9.17) is 4.74 Å². The summed E-state index contributed by atoms with van der Waals surface area (Å²) in [6, 6.07) is 9.23. The van der Waals surface area contributed by atoms with Crippen LogP contribution in [0.2, 0.25) is 0 Å². The third-order valence-corrected chi connectivity index (χ3v) is 6.93. The van der Waals surface area contributed by atoms with Gasteiger partial charge in [-0.05, 0) is 52.0 Å². The highest BCUT2D eigenvalue weighted by Crippen LogP contribution is 2.32. The number of carbonyl (C=O) groups excluding carboxylic acids is 1. The van der Waals surface area contributed by atoms with E-state index in [0.29, 0.717) is 0 Å². The number of thiophene rings is 2. The smallest absolute Gasteiger partial charge is 0.337 e. The fourth-order valence-electron chi connectivity index (χ4n) is 2.54. The summed E-state index contributed by atoms with van der Waals surface area (Å²) < 4.78 is 38.9. The zero-order valence-electron chi connectivity index (χ0n) is 14.5. The predicted octanol–water partition coefficient (Wildman–Crippen LogP) is 3.67. The topological polar surface area (TPSA) is 81.7 Å². The van der Waals surface area contributed by atoms with Crippen LogP contribution in [-0.4, -0.2) is 28.6 Å². The summed E-state index contributed by atoms with van der Waals surface area (Å²) in [7, 11) is -1.37. The number of sulfonamides is 1. The van der Waals surface area contributed by atoms with Crippen LogP contribution in [0.4, 0.5) is 0 Å². The molecule has 0 aliphatic carbocycles. The number of esters is 1. The van der Waals surface area contributed by atoms with Crippen LogP contribution in [0.25, 0.3) is 0 Å². The Morgan fingerprint density at radius 2 is 1.96 bits per heavy atom. The second-order valence-electron chi connectivity index (χ2n) is 5.48. The van der Waals surface area contributed by atoms with Gasteiger partial charge in [0.1, 0.15) is 10.6 Å². The van der Waals surface area contributed by atoms with Gasteiger partial charge in [-0.15, -0.1) is 11.3 Å². The molecule has 0 fully saturated rings. The van der Waals surface area contributed by atoms with Gasteiger partial charge in [-0.1, -0.05) is 6.07 Å². The number of carbonyl (C=O) groups is 1. The molecular formula is C18H17NO5S3. The maximum Gasteiger partial charge on any atom is 0.337 e. The molecule has 0 bridgehead atoms. The van der Waals surface area contributed by atoms with Crippen molar-refractivity contribution in [2.45, 2.75) is 10.9 Å². The summed E-state index contributed by atoms with van der Waals surface area (Å²) >= 11 is 2.95. The SMILES string of the molecule is COC(=O)c1ccc(OC)c(S(=O)(=O)N[C@@H](c2ccsc2)c2cccs2)c1. The van der Waals surface area contributed by atoms with Crippen LogP contribution in [-0.2, 0) is 14.8 Å². The summed E-state index contributed by atoms with van der Waals surface area (Å²) in [6.07, 6.45) is 0. The molecule has 0 aliphatic heterocycles. The van der Waals surface area contributed by atoms with Crippen molar-refractivity contribution in [1.82, 2.24) is 4.72 Å². The third-order valence-electron chi connectivity index (χ3n) is 3.85. The van der Waals surface area contributed by atoms with E-state index in [9.17, 15) is 13.2 Å². The van der Waals surface area contributed by atoms with Crippen molar-refractivity contribution in [3.8, 4) is 5.75 Å². The monoisotopic (exact) mass is 423 g/mol. The Hall–Kier alpha value is -2.20. The Labute approximate surface area is 165 Å². The van der Waals surface area contributed by atoms with Gasteiger partial charge < -0.3 is 9.47 Å². The Bertz CT molecular complexity index is 977. The fraction of sp³-hybridized carbons (Fsp3) is 0.167. The molecule has 3 rings (SSSR count). The number of nitrogens with one attached hydrogen (secondary N) is 1. The molecule has 2 aromatic heterocycles. The maximum atomic E-state index is 13.1. The largest absolute Gasteiger partial charge is 0.495 e. The Morgan fingerprint density at radius 3 is 2.56 bits per heavy atom. The number of methoxy groups -OCH3 is 2. The van der Waals surface area contributed by atoms with E-state index in [0.717, 1.165) is 10.4 Å². The molecule has 3 aromatic rings. The molecule has 0 unspecified atom stereocenters. The first kappa shape index (κ1) is 19.6. The standard InChI is InChI=1S/C18H17NO5S3/c1-23-14-6-5-12(18(20)24-2)10-16(14)27(21,22)19-17(13-7-9-25-11-13)15-4-3-8-26-15/h3-11,17,19H,1-2H3/t17-/m0/s1. The highest BCUT2D eigenvalue weighted by molar-refractivity contribution is 7.89. The summed E-state index contributed by atoms with van der Waals surface area (Å²) in [4.78, 5) is 12.6. The fourth-order valence-corrected chi connectivity index (χ4v) is 5.50. The van der Waals surface area contributed by atoms with Crippen molar-refractivity contribution in [2.24, 2.45) is 0 Å².